The van der Waals surface area contributed by atoms with Crippen LogP contribution < -0.4 is 5.32 Å². The molecule has 0 aromatic heterocycles. The minimum absolute atomic E-state index is 0.113. The van der Waals surface area contributed by atoms with Crippen molar-refractivity contribution in [3.05, 3.63) is 71.0 Å². The van der Waals surface area contributed by atoms with Crippen LogP contribution in [-0.4, -0.2) is 23.9 Å². The van der Waals surface area contributed by atoms with Crippen LogP contribution in [0.3, 0.4) is 0 Å². The normalized spacial score (nSPS) is 22.3. The van der Waals surface area contributed by atoms with E-state index in [1.54, 1.807) is 30.0 Å². The zero-order valence-corrected chi connectivity index (χ0v) is 19.5. The molecule has 0 spiro atoms. The highest BCUT2D eigenvalue weighted by molar-refractivity contribution is 8.00. The minimum Gasteiger partial charge on any atom is -0.377 e. The van der Waals surface area contributed by atoms with Gasteiger partial charge in [0, 0.05) is 33.0 Å². The lowest BCUT2D eigenvalue weighted by atomic mass is 9.64. The second kappa shape index (κ2) is 10.3. The summed E-state index contributed by atoms with van der Waals surface area (Å²) in [6.07, 6.45) is 3.79. The number of halogens is 4. The number of nitrogens with one attached hydrogen (secondary N) is 1. The monoisotopic (exact) mass is 483 g/mol. The lowest BCUT2D eigenvalue weighted by Crippen LogP contribution is -2.52. The lowest BCUT2D eigenvalue weighted by Gasteiger charge is -2.53. The van der Waals surface area contributed by atoms with Gasteiger partial charge in [0.1, 0.15) is 0 Å². The fraction of sp³-hybridized carbons (Fsp3) is 0.375. The summed E-state index contributed by atoms with van der Waals surface area (Å²) < 4.78 is 45.6. The van der Waals surface area contributed by atoms with Gasteiger partial charge in [-0.2, -0.15) is 0 Å². The maximum Gasteiger partial charge on any atom is 0.255 e. The Morgan fingerprint density at radius 3 is 2.59 bits per heavy atom. The predicted molar refractivity (Wildman–Crippen MR) is 123 cm³/mol. The standard InChI is InChI=1S/C24H25ClF3NO2S/c1-4-8-31-13-16-10-15(5-2)24(16,3)32-21-9-14(6-7-18(21)25)23(30)29-17-11-19(26)22(28)20(27)12-17/h4,6-7,9,11-12,15-16H,1,5,8,10,13H2,2-3H3,(H,29,30)/t15?,16?,24-/m1/s1. The van der Waals surface area contributed by atoms with Crippen molar-refractivity contribution in [1.29, 1.82) is 0 Å². The van der Waals surface area contributed by atoms with E-state index in [0.29, 0.717) is 30.1 Å². The first kappa shape index (κ1) is 24.7. The number of thioether (sulfide) groups is 1. The van der Waals surface area contributed by atoms with Crippen LogP contribution >= 0.6 is 23.4 Å². The molecule has 0 aliphatic heterocycles. The molecular weight excluding hydrogens is 459 g/mol. The van der Waals surface area contributed by atoms with E-state index >= 15 is 0 Å². The Hall–Kier alpha value is -1.96. The van der Waals surface area contributed by atoms with Gasteiger partial charge in [-0.3, -0.25) is 4.79 Å². The van der Waals surface area contributed by atoms with Crippen LogP contribution in [0.2, 0.25) is 5.02 Å². The maximum atomic E-state index is 13.5. The van der Waals surface area contributed by atoms with Crippen LogP contribution in [0.25, 0.3) is 0 Å². The van der Waals surface area contributed by atoms with Crippen molar-refractivity contribution >= 4 is 35.0 Å². The smallest absolute Gasteiger partial charge is 0.255 e. The molecule has 3 atom stereocenters. The Bertz CT molecular complexity index is 996. The predicted octanol–water partition coefficient (Wildman–Crippen LogP) is 7.11. The molecule has 2 unspecified atom stereocenters. The van der Waals surface area contributed by atoms with Gasteiger partial charge in [-0.1, -0.05) is 31.0 Å². The molecule has 8 heteroatoms. The molecule has 0 heterocycles. The van der Waals surface area contributed by atoms with E-state index in [1.807, 2.05) is 0 Å². The summed E-state index contributed by atoms with van der Waals surface area (Å²) in [4.78, 5) is 13.4. The third-order valence-corrected chi connectivity index (χ3v) is 8.11. The van der Waals surface area contributed by atoms with Gasteiger partial charge in [-0.05, 0) is 43.4 Å². The number of hydrogen-bond donors (Lipinski definition) is 1. The Morgan fingerprint density at radius 1 is 1.28 bits per heavy atom. The third kappa shape index (κ3) is 5.16. The van der Waals surface area contributed by atoms with Gasteiger partial charge in [0.05, 0.1) is 18.2 Å². The molecule has 32 heavy (non-hydrogen) atoms. The van der Waals surface area contributed by atoms with Crippen molar-refractivity contribution in [2.45, 2.75) is 36.3 Å². The Labute approximate surface area is 195 Å². The number of carbonyl (C=O) groups is 1. The van der Waals surface area contributed by atoms with E-state index in [4.69, 9.17) is 16.3 Å². The fourth-order valence-electron chi connectivity index (χ4n) is 4.04. The molecule has 1 fully saturated rings. The zero-order chi connectivity index (χ0) is 23.5. The highest BCUT2D eigenvalue weighted by Crippen LogP contribution is 2.57. The molecule has 1 aliphatic rings. The molecule has 2 aromatic carbocycles. The van der Waals surface area contributed by atoms with Crippen molar-refractivity contribution in [1.82, 2.24) is 0 Å². The van der Waals surface area contributed by atoms with Gasteiger partial charge in [-0.25, -0.2) is 13.2 Å². The van der Waals surface area contributed by atoms with Gasteiger partial charge in [-0.15, -0.1) is 18.3 Å². The Balaban J connectivity index is 1.79. The lowest BCUT2D eigenvalue weighted by molar-refractivity contribution is 0.0246. The molecule has 2 aromatic rings. The second-order valence-electron chi connectivity index (χ2n) is 8.00. The molecular formula is C24H25ClF3NO2S. The maximum absolute atomic E-state index is 13.5. The fourth-order valence-corrected chi connectivity index (χ4v) is 5.86. The second-order valence-corrected chi connectivity index (χ2v) is 9.93. The number of ether oxygens (including phenoxy) is 1. The summed E-state index contributed by atoms with van der Waals surface area (Å²) in [6.45, 7) is 9.12. The van der Waals surface area contributed by atoms with Crippen molar-refractivity contribution in [2.24, 2.45) is 11.8 Å². The van der Waals surface area contributed by atoms with Crippen LogP contribution in [0.4, 0.5) is 18.9 Å². The van der Waals surface area contributed by atoms with E-state index in [0.717, 1.165) is 29.9 Å². The summed E-state index contributed by atoms with van der Waals surface area (Å²) in [5, 5.41) is 2.91. The molecule has 0 radical (unpaired) electrons. The number of anilines is 1. The van der Waals surface area contributed by atoms with Gasteiger partial charge in [0.25, 0.3) is 5.91 Å². The van der Waals surface area contributed by atoms with Crippen molar-refractivity contribution < 1.29 is 22.7 Å². The third-order valence-electron chi connectivity index (χ3n) is 6.00. The number of rotatable bonds is 9. The van der Waals surface area contributed by atoms with E-state index in [2.05, 4.69) is 25.7 Å². The van der Waals surface area contributed by atoms with Crippen molar-refractivity contribution in [3.63, 3.8) is 0 Å². The molecule has 0 saturated heterocycles. The quantitative estimate of drug-likeness (QED) is 0.234. The molecule has 1 N–H and O–H groups in total. The van der Waals surface area contributed by atoms with Crippen LogP contribution in [0, 0.1) is 29.3 Å². The summed E-state index contributed by atoms with van der Waals surface area (Å²) in [6, 6.07) is 6.28. The Morgan fingerprint density at radius 2 is 1.97 bits per heavy atom. The number of hydrogen-bond acceptors (Lipinski definition) is 3. The van der Waals surface area contributed by atoms with Gasteiger partial charge >= 0.3 is 0 Å². The number of benzene rings is 2. The molecule has 1 amide bonds. The average Bonchev–Trinajstić information content (AvgIpc) is 2.75. The van der Waals surface area contributed by atoms with Crippen LogP contribution in [0.1, 0.15) is 37.0 Å². The van der Waals surface area contributed by atoms with Crippen molar-refractivity contribution in [3.8, 4) is 0 Å². The summed E-state index contributed by atoms with van der Waals surface area (Å²) in [5.41, 5.74) is 0.101. The van der Waals surface area contributed by atoms with Gasteiger partial charge in [0.15, 0.2) is 17.5 Å². The Kier molecular flexibility index (Phi) is 7.96. The first-order valence-corrected chi connectivity index (χ1v) is 11.5. The van der Waals surface area contributed by atoms with Crippen LogP contribution in [-0.2, 0) is 4.74 Å². The molecule has 3 rings (SSSR count). The summed E-state index contributed by atoms with van der Waals surface area (Å²) >= 11 is 8.05. The summed E-state index contributed by atoms with van der Waals surface area (Å²) in [5.74, 6) is -4.11. The largest absolute Gasteiger partial charge is 0.377 e. The average molecular weight is 484 g/mol. The SMILES string of the molecule is C=CCOCC1CC(CC)[C@@]1(C)Sc1cc(C(=O)Nc2cc(F)c(F)c(F)c2)ccc1Cl. The molecule has 1 saturated carbocycles. The molecule has 3 nitrogen and oxygen atoms in total. The van der Waals surface area contributed by atoms with Crippen molar-refractivity contribution in [2.75, 3.05) is 18.5 Å². The molecule has 1 aliphatic carbocycles. The first-order chi connectivity index (χ1) is 15.2. The highest BCUT2D eigenvalue weighted by Gasteiger charge is 2.51. The van der Waals surface area contributed by atoms with Gasteiger partial charge < -0.3 is 10.1 Å². The van der Waals surface area contributed by atoms with E-state index in [1.165, 1.54) is 6.07 Å². The van der Waals surface area contributed by atoms with Crippen LogP contribution in [0.5, 0.6) is 0 Å². The van der Waals surface area contributed by atoms with E-state index in [-0.39, 0.29) is 16.0 Å². The molecule has 0 bridgehead atoms. The number of carbonyl (C=O) groups excluding carboxylic acids is 1. The van der Waals surface area contributed by atoms with Crippen LogP contribution in [0.15, 0.2) is 47.9 Å². The summed E-state index contributed by atoms with van der Waals surface area (Å²) in [7, 11) is 0. The van der Waals surface area contributed by atoms with Gasteiger partial charge in [0.2, 0.25) is 0 Å². The zero-order valence-electron chi connectivity index (χ0n) is 17.9. The minimum atomic E-state index is -1.58. The van der Waals surface area contributed by atoms with E-state index in [9.17, 15) is 18.0 Å². The first-order valence-electron chi connectivity index (χ1n) is 10.3. The highest BCUT2D eigenvalue weighted by atomic mass is 35.5. The van der Waals surface area contributed by atoms with E-state index < -0.39 is 23.4 Å². The topological polar surface area (TPSA) is 38.3 Å². The molecule has 172 valence electrons. The number of amides is 1.